The number of hydrogen-bond acceptors (Lipinski definition) is 6. The molecule has 0 aromatic rings. The molecule has 1 aliphatic rings. The number of ether oxygens (including phenoxy) is 1. The first-order chi connectivity index (χ1) is 16.5. The third-order valence-electron chi connectivity index (χ3n) is 5.89. The fraction of sp³-hybridized carbons (Fsp3) is 0.556. The van der Waals surface area contributed by atoms with E-state index in [0.29, 0.717) is 50.5 Å². The Morgan fingerprint density at radius 1 is 1.14 bits per heavy atom. The van der Waals surface area contributed by atoms with Gasteiger partial charge in [-0.3, -0.25) is 19.7 Å². The lowest BCUT2D eigenvalue weighted by Gasteiger charge is -2.23. The van der Waals surface area contributed by atoms with Crippen LogP contribution in [0.3, 0.4) is 0 Å². The highest BCUT2D eigenvalue weighted by Crippen LogP contribution is 2.21. The van der Waals surface area contributed by atoms with Crippen LogP contribution in [-0.4, -0.2) is 53.1 Å². The van der Waals surface area contributed by atoms with Crippen LogP contribution in [0.25, 0.3) is 0 Å². The van der Waals surface area contributed by atoms with Crippen LogP contribution in [0.15, 0.2) is 47.6 Å². The van der Waals surface area contributed by atoms with Gasteiger partial charge in [0, 0.05) is 38.4 Å². The van der Waals surface area contributed by atoms with Crippen molar-refractivity contribution in [1.82, 2.24) is 5.32 Å². The number of allylic oxidation sites excluding steroid dienone is 5. The molecule has 8 heteroatoms. The van der Waals surface area contributed by atoms with Gasteiger partial charge in [0.1, 0.15) is 6.10 Å². The Kier molecular flexibility index (Phi) is 13.8. The van der Waals surface area contributed by atoms with Gasteiger partial charge in [-0.25, -0.2) is 4.79 Å². The van der Waals surface area contributed by atoms with Crippen LogP contribution in [0.4, 0.5) is 0 Å². The predicted octanol–water partition coefficient (Wildman–Crippen LogP) is 3.66. The topological polar surface area (TPSA) is 130 Å². The summed E-state index contributed by atoms with van der Waals surface area (Å²) in [5, 5.41) is 21.5. The van der Waals surface area contributed by atoms with E-state index >= 15 is 0 Å². The number of hydrogen-bond donors (Lipinski definition) is 3. The molecule has 3 N–H and O–H groups in total. The molecule has 0 saturated carbocycles. The lowest BCUT2D eigenvalue weighted by molar-refractivity contribution is -0.135. The maximum absolute atomic E-state index is 12.5. The van der Waals surface area contributed by atoms with Crippen molar-refractivity contribution in [3.63, 3.8) is 0 Å². The van der Waals surface area contributed by atoms with Crippen molar-refractivity contribution < 1.29 is 34.1 Å². The molecule has 0 aromatic carbocycles. The number of amides is 2. The summed E-state index contributed by atoms with van der Waals surface area (Å²) < 4.78 is 5.39. The maximum atomic E-state index is 12.5. The SMILES string of the molecule is CO[C@H](/C=C/CC/C=C/C(=O)O)[C@@H](O)[C@@H](C)/C=C(C)/C=C(\C)C(=O)CCCC1CC(=O)NC(=O)C1. The largest absolute Gasteiger partial charge is 0.478 e. The van der Waals surface area contributed by atoms with Gasteiger partial charge in [-0.1, -0.05) is 42.9 Å². The number of piperidine rings is 1. The number of aliphatic carboxylic acids is 1. The van der Waals surface area contributed by atoms with Crippen LogP contribution in [0.1, 0.15) is 65.7 Å². The van der Waals surface area contributed by atoms with Crippen molar-refractivity contribution in [3.05, 3.63) is 47.6 Å². The minimum atomic E-state index is -0.978. The Morgan fingerprint density at radius 3 is 2.37 bits per heavy atom. The number of nitrogens with one attached hydrogen (secondary N) is 1. The van der Waals surface area contributed by atoms with Crippen molar-refractivity contribution >= 4 is 23.6 Å². The average molecular weight is 490 g/mol. The summed E-state index contributed by atoms with van der Waals surface area (Å²) in [5.74, 6) is -1.68. The van der Waals surface area contributed by atoms with Crippen molar-refractivity contribution in [3.8, 4) is 0 Å². The summed E-state index contributed by atoms with van der Waals surface area (Å²) >= 11 is 0. The van der Waals surface area contributed by atoms with Crippen molar-refractivity contribution in [1.29, 1.82) is 0 Å². The zero-order valence-corrected chi connectivity index (χ0v) is 21.2. The molecule has 0 aromatic heterocycles. The molecule has 0 bridgehead atoms. The Morgan fingerprint density at radius 2 is 1.77 bits per heavy atom. The molecule has 194 valence electrons. The summed E-state index contributed by atoms with van der Waals surface area (Å²) in [6.45, 7) is 5.51. The monoisotopic (exact) mass is 489 g/mol. The zero-order chi connectivity index (χ0) is 26.4. The number of ketones is 1. The number of imide groups is 1. The minimum absolute atomic E-state index is 0.00120. The van der Waals surface area contributed by atoms with Crippen LogP contribution < -0.4 is 5.32 Å². The molecule has 0 unspecified atom stereocenters. The zero-order valence-electron chi connectivity index (χ0n) is 21.2. The van der Waals surface area contributed by atoms with Gasteiger partial charge in [0.25, 0.3) is 0 Å². The highest BCUT2D eigenvalue weighted by Gasteiger charge is 2.24. The number of carbonyl (C=O) groups is 4. The number of carboxylic acid groups (broad SMARTS) is 1. The molecule has 1 rings (SSSR count). The van der Waals surface area contributed by atoms with E-state index in [-0.39, 0.29) is 29.4 Å². The number of methoxy groups -OCH3 is 1. The average Bonchev–Trinajstić information content (AvgIpc) is 2.77. The smallest absolute Gasteiger partial charge is 0.327 e. The van der Waals surface area contributed by atoms with E-state index in [0.717, 1.165) is 11.6 Å². The lowest BCUT2D eigenvalue weighted by Crippen LogP contribution is -2.38. The van der Waals surface area contributed by atoms with Crippen LogP contribution in [0.2, 0.25) is 0 Å². The number of unbranched alkanes of at least 4 members (excludes halogenated alkanes) is 1. The Hall–Kier alpha value is -2.84. The highest BCUT2D eigenvalue weighted by atomic mass is 16.5. The van der Waals surface area contributed by atoms with Gasteiger partial charge in [-0.15, -0.1) is 0 Å². The van der Waals surface area contributed by atoms with Crippen molar-refractivity contribution in [2.45, 2.75) is 77.9 Å². The second-order valence-corrected chi connectivity index (χ2v) is 9.10. The number of Topliss-reactive ketones (excluding diaryl/α,β-unsaturated/α-hetero) is 1. The first kappa shape index (κ1) is 30.2. The first-order valence-electron chi connectivity index (χ1n) is 12.0. The van der Waals surface area contributed by atoms with Gasteiger partial charge in [0.05, 0.1) is 6.10 Å². The van der Waals surface area contributed by atoms with E-state index in [2.05, 4.69) is 5.32 Å². The number of aliphatic hydroxyl groups excluding tert-OH is 1. The quantitative estimate of drug-likeness (QED) is 0.105. The summed E-state index contributed by atoms with van der Waals surface area (Å²) in [7, 11) is 1.52. The molecule has 35 heavy (non-hydrogen) atoms. The molecular formula is C27H39NO7. The van der Waals surface area contributed by atoms with Crippen LogP contribution in [-0.2, 0) is 23.9 Å². The fourth-order valence-corrected chi connectivity index (χ4v) is 4.03. The second kappa shape index (κ2) is 15.9. The second-order valence-electron chi connectivity index (χ2n) is 9.10. The summed E-state index contributed by atoms with van der Waals surface area (Å²) in [6.07, 6.45) is 12.2. The molecule has 3 atom stereocenters. The van der Waals surface area contributed by atoms with Gasteiger partial charge in [-0.2, -0.15) is 0 Å². The van der Waals surface area contributed by atoms with Gasteiger partial charge in [0.15, 0.2) is 5.78 Å². The number of aliphatic hydroxyl groups is 1. The number of carbonyl (C=O) groups excluding carboxylic acids is 3. The number of carboxylic acids is 1. The minimum Gasteiger partial charge on any atom is -0.478 e. The molecule has 1 saturated heterocycles. The van der Waals surface area contributed by atoms with Crippen molar-refractivity contribution in [2.75, 3.05) is 7.11 Å². The molecule has 1 aliphatic heterocycles. The van der Waals surface area contributed by atoms with Gasteiger partial charge in [0.2, 0.25) is 11.8 Å². The molecule has 0 spiro atoms. The first-order valence-corrected chi connectivity index (χ1v) is 12.0. The van der Waals surface area contributed by atoms with E-state index in [9.17, 15) is 24.3 Å². The van der Waals surface area contributed by atoms with Crippen molar-refractivity contribution in [2.24, 2.45) is 11.8 Å². The molecule has 1 fully saturated rings. The molecule has 0 radical (unpaired) electrons. The number of rotatable bonds is 15. The van der Waals surface area contributed by atoms with Crippen LogP contribution in [0.5, 0.6) is 0 Å². The van der Waals surface area contributed by atoms with E-state index < -0.39 is 18.2 Å². The third kappa shape index (κ3) is 12.4. The van der Waals surface area contributed by atoms with Gasteiger partial charge in [-0.05, 0) is 51.0 Å². The Bertz CT molecular complexity index is 853. The molecule has 0 aliphatic carbocycles. The summed E-state index contributed by atoms with van der Waals surface area (Å²) in [4.78, 5) is 45.9. The predicted molar refractivity (Wildman–Crippen MR) is 133 cm³/mol. The summed E-state index contributed by atoms with van der Waals surface area (Å²) in [6, 6.07) is 0. The van der Waals surface area contributed by atoms with E-state index in [1.54, 1.807) is 25.2 Å². The van der Waals surface area contributed by atoms with Gasteiger partial charge < -0.3 is 14.9 Å². The fourth-order valence-electron chi connectivity index (χ4n) is 4.03. The van der Waals surface area contributed by atoms with Crippen LogP contribution in [0, 0.1) is 11.8 Å². The van der Waals surface area contributed by atoms with E-state index in [4.69, 9.17) is 9.84 Å². The third-order valence-corrected chi connectivity index (χ3v) is 5.89. The summed E-state index contributed by atoms with van der Waals surface area (Å²) in [5.41, 5.74) is 1.48. The molecule has 2 amide bonds. The highest BCUT2D eigenvalue weighted by molar-refractivity contribution is 5.97. The van der Waals surface area contributed by atoms with Gasteiger partial charge >= 0.3 is 5.97 Å². The Labute approximate surface area is 207 Å². The molecule has 8 nitrogen and oxygen atoms in total. The normalized spacial score (nSPS) is 18.7. The van der Waals surface area contributed by atoms with Crippen LogP contribution >= 0.6 is 0 Å². The molecular weight excluding hydrogens is 450 g/mol. The van der Waals surface area contributed by atoms with E-state index in [1.165, 1.54) is 7.11 Å². The lowest BCUT2D eigenvalue weighted by atomic mass is 9.90. The molecule has 1 heterocycles. The Balaban J connectivity index is 2.56. The maximum Gasteiger partial charge on any atom is 0.327 e. The standard InChI is InChI=1S/C27H39NO7/c1-18(14-19(2)22(29)11-9-10-21-16-24(30)28-25(31)17-21)15-20(3)27(34)23(35-4)12-7-5-6-8-13-26(32)33/h7-8,12-15,20-21,23,27,34H,5-6,9-11,16-17H2,1-4H3,(H,32,33)(H,28,30,31)/b12-7+,13-8+,18-15+,19-14+/t20-,23+,27-/m0/s1. The van der Waals surface area contributed by atoms with E-state index in [1.807, 2.05) is 26.0 Å².